The predicted molar refractivity (Wildman–Crippen MR) is 78.5 cm³/mol. The van der Waals surface area contributed by atoms with Gasteiger partial charge in [-0.15, -0.1) is 0 Å². The first-order valence-electron chi connectivity index (χ1n) is 6.62. The van der Waals surface area contributed by atoms with Crippen LogP contribution in [0.15, 0.2) is 48.7 Å². The van der Waals surface area contributed by atoms with Crippen LogP contribution in [0.3, 0.4) is 0 Å². The number of pyridine rings is 1. The summed E-state index contributed by atoms with van der Waals surface area (Å²) in [7, 11) is 1.88. The van der Waals surface area contributed by atoms with Crippen LogP contribution in [0.1, 0.15) is 18.2 Å². The van der Waals surface area contributed by atoms with E-state index in [1.807, 2.05) is 49.5 Å². The van der Waals surface area contributed by atoms with Crippen LogP contribution in [0.2, 0.25) is 0 Å². The van der Waals surface area contributed by atoms with Crippen LogP contribution < -0.4 is 10.1 Å². The van der Waals surface area contributed by atoms with Gasteiger partial charge in [-0.1, -0.05) is 30.3 Å². The number of hydrogen-bond donors (Lipinski definition) is 2. The van der Waals surface area contributed by atoms with E-state index in [1.165, 1.54) is 0 Å². The second-order valence-corrected chi connectivity index (χ2v) is 4.94. The van der Waals surface area contributed by atoms with Crippen LogP contribution in [0, 0.1) is 0 Å². The van der Waals surface area contributed by atoms with Gasteiger partial charge in [0.25, 0.3) is 0 Å². The zero-order chi connectivity index (χ0) is 14.4. The maximum absolute atomic E-state index is 10.4. The highest BCUT2D eigenvalue weighted by atomic mass is 16.5. The molecule has 0 aliphatic heterocycles. The van der Waals surface area contributed by atoms with E-state index in [4.69, 9.17) is 4.74 Å². The van der Waals surface area contributed by atoms with Crippen molar-refractivity contribution in [1.82, 2.24) is 10.3 Å². The molecule has 2 N–H and O–H groups in total. The maximum Gasteiger partial charge on any atom is 0.137 e. The topological polar surface area (TPSA) is 54.4 Å². The molecule has 4 nitrogen and oxygen atoms in total. The van der Waals surface area contributed by atoms with Gasteiger partial charge in [-0.05, 0) is 31.7 Å². The largest absolute Gasteiger partial charge is 0.489 e. The van der Waals surface area contributed by atoms with Crippen molar-refractivity contribution < 1.29 is 9.84 Å². The molecule has 4 heteroatoms. The number of aliphatic hydroxyl groups is 1. The van der Waals surface area contributed by atoms with Crippen LogP contribution in [-0.2, 0) is 12.1 Å². The summed E-state index contributed by atoms with van der Waals surface area (Å²) in [6.45, 7) is 2.65. The maximum atomic E-state index is 10.4. The van der Waals surface area contributed by atoms with Crippen LogP contribution in [-0.4, -0.2) is 23.7 Å². The summed E-state index contributed by atoms with van der Waals surface area (Å²) < 4.78 is 5.63. The molecular weight excluding hydrogens is 252 g/mol. The number of rotatable bonds is 6. The number of aromatic nitrogens is 1. The van der Waals surface area contributed by atoms with Crippen molar-refractivity contribution in [3.8, 4) is 5.75 Å². The van der Waals surface area contributed by atoms with Gasteiger partial charge in [0.2, 0.25) is 0 Å². The van der Waals surface area contributed by atoms with Crippen molar-refractivity contribution in [2.75, 3.05) is 13.7 Å². The van der Waals surface area contributed by atoms with Gasteiger partial charge in [0.15, 0.2) is 0 Å². The second-order valence-electron chi connectivity index (χ2n) is 4.94. The standard InChI is InChI=1S/C16H20N2O2/c1-16(19,13-6-4-3-5-7-13)12-20-15-9-8-14(10-17-2)18-11-15/h3-9,11,17,19H,10,12H2,1-2H3. The predicted octanol–water partition coefficient (Wildman–Crippen LogP) is 2.09. The van der Waals surface area contributed by atoms with Gasteiger partial charge in [-0.25, -0.2) is 0 Å². The van der Waals surface area contributed by atoms with Crippen molar-refractivity contribution in [2.24, 2.45) is 0 Å². The first-order valence-corrected chi connectivity index (χ1v) is 6.62. The lowest BCUT2D eigenvalue weighted by Crippen LogP contribution is -2.29. The Balaban J connectivity index is 1.97. The highest BCUT2D eigenvalue weighted by Gasteiger charge is 2.23. The van der Waals surface area contributed by atoms with Gasteiger partial charge >= 0.3 is 0 Å². The summed E-state index contributed by atoms with van der Waals surface area (Å²) in [5, 5.41) is 13.5. The van der Waals surface area contributed by atoms with E-state index >= 15 is 0 Å². The van der Waals surface area contributed by atoms with Crippen molar-refractivity contribution in [3.05, 3.63) is 59.9 Å². The molecule has 0 bridgehead atoms. The molecule has 1 heterocycles. The Morgan fingerprint density at radius 3 is 2.55 bits per heavy atom. The first-order chi connectivity index (χ1) is 9.62. The fourth-order valence-corrected chi connectivity index (χ4v) is 1.89. The molecule has 2 rings (SSSR count). The second kappa shape index (κ2) is 6.50. The molecule has 2 aromatic rings. The Hall–Kier alpha value is -1.91. The summed E-state index contributed by atoms with van der Waals surface area (Å²) in [5.74, 6) is 0.654. The van der Waals surface area contributed by atoms with Gasteiger partial charge < -0.3 is 15.2 Å². The summed E-state index contributed by atoms with van der Waals surface area (Å²) in [6.07, 6.45) is 1.67. The van der Waals surface area contributed by atoms with E-state index in [0.29, 0.717) is 5.75 Å². The summed E-state index contributed by atoms with van der Waals surface area (Å²) in [4.78, 5) is 4.27. The Morgan fingerprint density at radius 2 is 1.95 bits per heavy atom. The normalized spacial score (nSPS) is 13.8. The molecule has 106 valence electrons. The average Bonchev–Trinajstić information content (AvgIpc) is 2.48. The third kappa shape index (κ3) is 3.79. The summed E-state index contributed by atoms with van der Waals surface area (Å²) >= 11 is 0. The lowest BCUT2D eigenvalue weighted by atomic mass is 9.97. The smallest absolute Gasteiger partial charge is 0.137 e. The van der Waals surface area contributed by atoms with E-state index < -0.39 is 5.60 Å². The quantitative estimate of drug-likeness (QED) is 0.845. The summed E-state index contributed by atoms with van der Waals surface area (Å²) in [6, 6.07) is 13.3. The van der Waals surface area contributed by atoms with Crippen molar-refractivity contribution >= 4 is 0 Å². The van der Waals surface area contributed by atoms with Gasteiger partial charge in [0, 0.05) is 6.54 Å². The highest BCUT2D eigenvalue weighted by molar-refractivity contribution is 5.23. The number of nitrogens with one attached hydrogen (secondary N) is 1. The molecule has 1 aromatic heterocycles. The lowest BCUT2D eigenvalue weighted by molar-refractivity contribution is 0.00748. The molecule has 0 aliphatic rings. The van der Waals surface area contributed by atoms with E-state index in [2.05, 4.69) is 10.3 Å². The van der Waals surface area contributed by atoms with Gasteiger partial charge in [0.1, 0.15) is 18.0 Å². The van der Waals surface area contributed by atoms with Crippen molar-refractivity contribution in [1.29, 1.82) is 0 Å². The van der Waals surface area contributed by atoms with E-state index in [9.17, 15) is 5.11 Å². The third-order valence-corrected chi connectivity index (χ3v) is 3.07. The fourth-order valence-electron chi connectivity index (χ4n) is 1.89. The van der Waals surface area contributed by atoms with Crippen molar-refractivity contribution in [2.45, 2.75) is 19.1 Å². The molecule has 0 fully saturated rings. The SMILES string of the molecule is CNCc1ccc(OCC(C)(O)c2ccccc2)cn1. The highest BCUT2D eigenvalue weighted by Crippen LogP contribution is 2.21. The Morgan fingerprint density at radius 1 is 1.20 bits per heavy atom. The molecular formula is C16H20N2O2. The number of ether oxygens (including phenoxy) is 1. The Labute approximate surface area is 119 Å². The zero-order valence-electron chi connectivity index (χ0n) is 11.8. The Bertz CT molecular complexity index is 524. The minimum absolute atomic E-state index is 0.185. The third-order valence-electron chi connectivity index (χ3n) is 3.07. The first kappa shape index (κ1) is 14.5. The molecule has 0 amide bonds. The number of nitrogens with zero attached hydrogens (tertiary/aromatic N) is 1. The molecule has 0 spiro atoms. The minimum Gasteiger partial charge on any atom is -0.489 e. The molecule has 1 unspecified atom stereocenters. The zero-order valence-corrected chi connectivity index (χ0v) is 11.8. The fraction of sp³-hybridized carbons (Fsp3) is 0.312. The average molecular weight is 272 g/mol. The molecule has 0 aliphatic carbocycles. The van der Waals surface area contributed by atoms with E-state index in [-0.39, 0.29) is 6.61 Å². The van der Waals surface area contributed by atoms with Crippen LogP contribution >= 0.6 is 0 Å². The number of hydrogen-bond acceptors (Lipinski definition) is 4. The molecule has 1 atom stereocenters. The van der Waals surface area contributed by atoms with Crippen molar-refractivity contribution in [3.63, 3.8) is 0 Å². The molecule has 0 radical (unpaired) electrons. The lowest BCUT2D eigenvalue weighted by Gasteiger charge is -2.23. The molecule has 0 saturated carbocycles. The molecule has 0 saturated heterocycles. The van der Waals surface area contributed by atoms with Gasteiger partial charge in [0.05, 0.1) is 11.9 Å². The van der Waals surface area contributed by atoms with Gasteiger partial charge in [-0.3, -0.25) is 4.98 Å². The van der Waals surface area contributed by atoms with Crippen LogP contribution in [0.5, 0.6) is 5.75 Å². The minimum atomic E-state index is -1.02. The van der Waals surface area contributed by atoms with E-state index in [1.54, 1.807) is 13.1 Å². The monoisotopic (exact) mass is 272 g/mol. The van der Waals surface area contributed by atoms with E-state index in [0.717, 1.165) is 17.8 Å². The number of benzene rings is 1. The molecule has 1 aromatic carbocycles. The van der Waals surface area contributed by atoms with Crippen LogP contribution in [0.4, 0.5) is 0 Å². The van der Waals surface area contributed by atoms with Crippen LogP contribution in [0.25, 0.3) is 0 Å². The summed E-state index contributed by atoms with van der Waals surface area (Å²) in [5.41, 5.74) is 0.764. The molecule has 20 heavy (non-hydrogen) atoms. The Kier molecular flexibility index (Phi) is 4.71. The van der Waals surface area contributed by atoms with Gasteiger partial charge in [-0.2, -0.15) is 0 Å².